The predicted octanol–water partition coefficient (Wildman–Crippen LogP) is 2.34. The van der Waals surface area contributed by atoms with Crippen molar-refractivity contribution in [2.75, 3.05) is 24.7 Å². The van der Waals surface area contributed by atoms with Crippen molar-refractivity contribution in [2.24, 2.45) is 0 Å². The molecule has 1 heterocycles. The SMILES string of the molecule is CC1(C)CN(CCF)c2ccccc2CN1. The molecule has 0 bridgehead atoms. The highest BCUT2D eigenvalue weighted by Gasteiger charge is 2.26. The van der Waals surface area contributed by atoms with E-state index < -0.39 is 0 Å². The quantitative estimate of drug-likeness (QED) is 0.826. The van der Waals surface area contributed by atoms with Crippen LogP contribution >= 0.6 is 0 Å². The Balaban J connectivity index is 2.33. The fraction of sp³-hybridized carbons (Fsp3) is 0.538. The van der Waals surface area contributed by atoms with E-state index in [4.69, 9.17) is 0 Å². The number of fused-ring (bicyclic) bond motifs is 1. The molecule has 0 amide bonds. The Morgan fingerprint density at radius 1 is 1.38 bits per heavy atom. The van der Waals surface area contributed by atoms with Crippen LogP contribution in [-0.2, 0) is 6.54 Å². The van der Waals surface area contributed by atoms with Gasteiger partial charge in [-0.25, -0.2) is 4.39 Å². The first-order valence-electron chi connectivity index (χ1n) is 5.76. The van der Waals surface area contributed by atoms with Gasteiger partial charge in [0.1, 0.15) is 6.67 Å². The minimum absolute atomic E-state index is 0.0220. The summed E-state index contributed by atoms with van der Waals surface area (Å²) in [7, 11) is 0. The zero-order valence-electron chi connectivity index (χ0n) is 9.96. The monoisotopic (exact) mass is 222 g/mol. The van der Waals surface area contributed by atoms with Gasteiger partial charge >= 0.3 is 0 Å². The third-order valence-electron chi connectivity index (χ3n) is 3.03. The van der Waals surface area contributed by atoms with E-state index in [9.17, 15) is 4.39 Å². The molecule has 2 rings (SSSR count). The Labute approximate surface area is 96.5 Å². The number of rotatable bonds is 2. The lowest BCUT2D eigenvalue weighted by atomic mass is 10.1. The van der Waals surface area contributed by atoms with Crippen LogP contribution in [0, 0.1) is 0 Å². The Kier molecular flexibility index (Phi) is 3.15. The van der Waals surface area contributed by atoms with Gasteiger partial charge in [-0.1, -0.05) is 18.2 Å². The van der Waals surface area contributed by atoms with Gasteiger partial charge in [0.2, 0.25) is 0 Å². The number of para-hydroxylation sites is 1. The first kappa shape index (κ1) is 11.4. The molecule has 0 unspecified atom stereocenters. The minimum Gasteiger partial charge on any atom is -0.367 e. The molecular weight excluding hydrogens is 203 g/mol. The van der Waals surface area contributed by atoms with Crippen LogP contribution in [0.25, 0.3) is 0 Å². The number of alkyl halides is 1. The van der Waals surface area contributed by atoms with E-state index in [1.54, 1.807) is 0 Å². The van der Waals surface area contributed by atoms with Crippen LogP contribution < -0.4 is 10.2 Å². The topological polar surface area (TPSA) is 15.3 Å². The van der Waals surface area contributed by atoms with Crippen molar-refractivity contribution in [1.82, 2.24) is 5.32 Å². The molecule has 88 valence electrons. The fourth-order valence-electron chi connectivity index (χ4n) is 2.22. The van der Waals surface area contributed by atoms with E-state index in [0.29, 0.717) is 6.54 Å². The average molecular weight is 222 g/mol. The van der Waals surface area contributed by atoms with E-state index in [0.717, 1.165) is 13.1 Å². The maximum Gasteiger partial charge on any atom is 0.107 e. The lowest BCUT2D eigenvalue weighted by molar-refractivity contribution is 0.387. The molecule has 0 fully saturated rings. The second kappa shape index (κ2) is 4.42. The molecule has 16 heavy (non-hydrogen) atoms. The molecule has 0 spiro atoms. The van der Waals surface area contributed by atoms with E-state index >= 15 is 0 Å². The molecule has 1 aliphatic heterocycles. The van der Waals surface area contributed by atoms with Gasteiger partial charge in [0.15, 0.2) is 0 Å². The second-order valence-electron chi connectivity index (χ2n) is 4.98. The van der Waals surface area contributed by atoms with Crippen LogP contribution in [0.4, 0.5) is 10.1 Å². The summed E-state index contributed by atoms with van der Waals surface area (Å²) in [5, 5.41) is 3.50. The van der Waals surface area contributed by atoms with Crippen molar-refractivity contribution in [1.29, 1.82) is 0 Å². The third kappa shape index (κ3) is 2.35. The average Bonchev–Trinajstić information content (AvgIpc) is 2.38. The number of anilines is 1. The van der Waals surface area contributed by atoms with Gasteiger partial charge in [-0.3, -0.25) is 0 Å². The number of halogens is 1. The van der Waals surface area contributed by atoms with Crippen molar-refractivity contribution in [3.8, 4) is 0 Å². The number of hydrogen-bond donors (Lipinski definition) is 1. The molecule has 3 heteroatoms. The molecule has 1 N–H and O–H groups in total. The van der Waals surface area contributed by atoms with Gasteiger partial charge in [-0.15, -0.1) is 0 Å². The van der Waals surface area contributed by atoms with E-state index in [2.05, 4.69) is 36.2 Å². The van der Waals surface area contributed by atoms with Gasteiger partial charge in [-0.2, -0.15) is 0 Å². The van der Waals surface area contributed by atoms with Crippen LogP contribution in [0.15, 0.2) is 24.3 Å². The number of nitrogens with zero attached hydrogens (tertiary/aromatic N) is 1. The van der Waals surface area contributed by atoms with Crippen molar-refractivity contribution < 1.29 is 4.39 Å². The highest BCUT2D eigenvalue weighted by atomic mass is 19.1. The standard InChI is InChI=1S/C13H19FN2/c1-13(2)10-16(8-7-14)12-6-4-3-5-11(12)9-15-13/h3-6,15H,7-10H2,1-2H3. The van der Waals surface area contributed by atoms with Gasteiger partial charge in [0.25, 0.3) is 0 Å². The molecule has 0 aromatic heterocycles. The molecule has 2 nitrogen and oxygen atoms in total. The third-order valence-corrected chi connectivity index (χ3v) is 3.03. The second-order valence-corrected chi connectivity index (χ2v) is 4.98. The molecule has 0 saturated carbocycles. The largest absolute Gasteiger partial charge is 0.367 e. The summed E-state index contributed by atoms with van der Waals surface area (Å²) in [6.07, 6.45) is 0. The van der Waals surface area contributed by atoms with Gasteiger partial charge in [0.05, 0.1) is 0 Å². The van der Waals surface area contributed by atoms with E-state index in [-0.39, 0.29) is 12.2 Å². The zero-order valence-corrected chi connectivity index (χ0v) is 9.96. The van der Waals surface area contributed by atoms with Crippen LogP contribution in [-0.4, -0.2) is 25.3 Å². The molecule has 0 aliphatic carbocycles. The first-order chi connectivity index (χ1) is 7.62. The molecule has 1 aromatic carbocycles. The first-order valence-corrected chi connectivity index (χ1v) is 5.76. The number of nitrogens with one attached hydrogen (secondary N) is 1. The predicted molar refractivity (Wildman–Crippen MR) is 65.5 cm³/mol. The smallest absolute Gasteiger partial charge is 0.107 e. The zero-order chi connectivity index (χ0) is 11.6. The molecule has 0 saturated heterocycles. The normalized spacial score (nSPS) is 19.1. The molecular formula is C13H19FN2. The molecule has 1 aromatic rings. The van der Waals surface area contributed by atoms with Crippen molar-refractivity contribution >= 4 is 5.69 Å². The maximum absolute atomic E-state index is 12.6. The Hall–Kier alpha value is -1.09. The summed E-state index contributed by atoms with van der Waals surface area (Å²) >= 11 is 0. The van der Waals surface area contributed by atoms with Crippen molar-refractivity contribution in [2.45, 2.75) is 25.9 Å². The number of hydrogen-bond acceptors (Lipinski definition) is 2. The fourth-order valence-corrected chi connectivity index (χ4v) is 2.22. The highest BCUT2D eigenvalue weighted by molar-refractivity contribution is 5.55. The summed E-state index contributed by atoms with van der Waals surface area (Å²) in [6.45, 7) is 6.18. The van der Waals surface area contributed by atoms with E-state index in [1.807, 2.05) is 12.1 Å². The summed E-state index contributed by atoms with van der Waals surface area (Å²) in [6, 6.07) is 8.23. The number of benzene rings is 1. The van der Waals surface area contributed by atoms with Gasteiger partial charge in [0, 0.05) is 30.9 Å². The lowest BCUT2D eigenvalue weighted by Gasteiger charge is -2.31. The van der Waals surface area contributed by atoms with Crippen molar-refractivity contribution in [3.05, 3.63) is 29.8 Å². The van der Waals surface area contributed by atoms with Crippen molar-refractivity contribution in [3.63, 3.8) is 0 Å². The summed E-state index contributed by atoms with van der Waals surface area (Å²) in [5.41, 5.74) is 2.44. The Morgan fingerprint density at radius 2 is 2.12 bits per heavy atom. The summed E-state index contributed by atoms with van der Waals surface area (Å²) in [4.78, 5) is 2.13. The molecule has 0 radical (unpaired) electrons. The minimum atomic E-state index is -0.301. The lowest BCUT2D eigenvalue weighted by Crippen LogP contribution is -2.47. The highest BCUT2D eigenvalue weighted by Crippen LogP contribution is 2.25. The van der Waals surface area contributed by atoms with Gasteiger partial charge < -0.3 is 10.2 Å². The maximum atomic E-state index is 12.6. The van der Waals surface area contributed by atoms with Crippen LogP contribution in [0.3, 0.4) is 0 Å². The van der Waals surface area contributed by atoms with Gasteiger partial charge in [-0.05, 0) is 25.5 Å². The van der Waals surface area contributed by atoms with E-state index in [1.165, 1.54) is 11.3 Å². The summed E-state index contributed by atoms with van der Waals surface area (Å²) in [5.74, 6) is 0. The van der Waals surface area contributed by atoms with Crippen LogP contribution in [0.1, 0.15) is 19.4 Å². The van der Waals surface area contributed by atoms with Crippen LogP contribution in [0.5, 0.6) is 0 Å². The van der Waals surface area contributed by atoms with Crippen LogP contribution in [0.2, 0.25) is 0 Å². The Morgan fingerprint density at radius 3 is 2.88 bits per heavy atom. The molecule has 0 atom stereocenters. The summed E-state index contributed by atoms with van der Waals surface area (Å²) < 4.78 is 12.6. The molecule has 1 aliphatic rings. The Bertz CT molecular complexity index is 363.